The Labute approximate surface area is 189 Å². The minimum Gasteiger partial charge on any atom is -0.368 e. The summed E-state index contributed by atoms with van der Waals surface area (Å²) in [5, 5.41) is 3.11. The van der Waals surface area contributed by atoms with Crippen molar-refractivity contribution >= 4 is 17.8 Å². The van der Waals surface area contributed by atoms with Gasteiger partial charge in [-0.25, -0.2) is 9.97 Å². The van der Waals surface area contributed by atoms with Crippen LogP contribution in [-0.4, -0.2) is 50.3 Å². The van der Waals surface area contributed by atoms with Gasteiger partial charge in [0.2, 0.25) is 17.8 Å². The van der Waals surface area contributed by atoms with Crippen molar-refractivity contribution in [3.8, 4) is 11.1 Å². The third kappa shape index (κ3) is 5.06. The van der Waals surface area contributed by atoms with E-state index in [2.05, 4.69) is 21.4 Å². The molecule has 1 atom stereocenters. The fourth-order valence-corrected chi connectivity index (χ4v) is 5.13. The number of hydrogen-bond donors (Lipinski definition) is 2. The summed E-state index contributed by atoms with van der Waals surface area (Å²) < 4.78 is 0. The monoisotopic (exact) mass is 436 g/mol. The first kappa shape index (κ1) is 22.2. The molecular weight excluding hydrogens is 404 g/mol. The van der Waals surface area contributed by atoms with Crippen LogP contribution in [0.1, 0.15) is 69.2 Å². The number of aryl methyl sites for hydroxylation is 1. The van der Waals surface area contributed by atoms with Crippen LogP contribution in [0.25, 0.3) is 11.1 Å². The molecule has 0 radical (unpaired) electrons. The second-order valence-corrected chi connectivity index (χ2v) is 9.28. The molecule has 1 unspecified atom stereocenters. The molecule has 3 heterocycles. The predicted molar refractivity (Wildman–Crippen MR) is 123 cm³/mol. The lowest BCUT2D eigenvalue weighted by Crippen LogP contribution is -2.52. The van der Waals surface area contributed by atoms with Gasteiger partial charge in [-0.2, -0.15) is 0 Å². The summed E-state index contributed by atoms with van der Waals surface area (Å²) >= 11 is 0. The van der Waals surface area contributed by atoms with Crippen LogP contribution in [0, 0.1) is 6.92 Å². The first-order valence-corrected chi connectivity index (χ1v) is 11.5. The number of carbonyl (C=O) groups is 2. The van der Waals surface area contributed by atoms with Gasteiger partial charge in [-0.3, -0.25) is 14.6 Å². The van der Waals surface area contributed by atoms with E-state index in [-0.39, 0.29) is 29.2 Å². The lowest BCUT2D eigenvalue weighted by molar-refractivity contribution is -0.133. The Kier molecular flexibility index (Phi) is 6.39. The zero-order valence-electron chi connectivity index (χ0n) is 18.9. The van der Waals surface area contributed by atoms with Crippen LogP contribution in [0.4, 0.5) is 5.95 Å². The number of pyridine rings is 1. The maximum absolute atomic E-state index is 13.2. The zero-order valence-corrected chi connectivity index (χ0v) is 18.9. The van der Waals surface area contributed by atoms with E-state index in [1.165, 1.54) is 6.42 Å². The van der Waals surface area contributed by atoms with E-state index in [4.69, 9.17) is 10.7 Å². The summed E-state index contributed by atoms with van der Waals surface area (Å²) in [4.78, 5) is 39.9. The van der Waals surface area contributed by atoms with E-state index in [1.54, 1.807) is 19.3 Å². The number of nitrogens with zero attached hydrogens (tertiary/aromatic N) is 4. The molecular formula is C24H32N6O2. The predicted octanol–water partition coefficient (Wildman–Crippen LogP) is 2.97. The molecule has 2 amide bonds. The molecule has 1 saturated carbocycles. The zero-order chi connectivity index (χ0) is 22.7. The number of likely N-dealkylation sites (tertiary alicyclic amines) is 1. The smallest absolute Gasteiger partial charge is 0.224 e. The van der Waals surface area contributed by atoms with Gasteiger partial charge in [-0.15, -0.1) is 0 Å². The molecule has 8 nitrogen and oxygen atoms in total. The van der Waals surface area contributed by atoms with Gasteiger partial charge in [-0.05, 0) is 43.9 Å². The maximum Gasteiger partial charge on any atom is 0.224 e. The van der Waals surface area contributed by atoms with Gasteiger partial charge in [0.15, 0.2) is 0 Å². The van der Waals surface area contributed by atoms with Gasteiger partial charge in [0, 0.05) is 67.2 Å². The molecule has 170 valence electrons. The first-order valence-electron chi connectivity index (χ1n) is 11.5. The van der Waals surface area contributed by atoms with E-state index in [1.807, 2.05) is 17.9 Å². The molecule has 1 aliphatic heterocycles. The highest BCUT2D eigenvalue weighted by Gasteiger charge is 2.38. The van der Waals surface area contributed by atoms with Crippen LogP contribution in [0.15, 0.2) is 24.5 Å². The van der Waals surface area contributed by atoms with Crippen LogP contribution >= 0.6 is 0 Å². The highest BCUT2D eigenvalue weighted by Crippen LogP contribution is 2.34. The molecule has 2 fully saturated rings. The fraction of sp³-hybridized carbons (Fsp3) is 0.542. The van der Waals surface area contributed by atoms with Gasteiger partial charge in [0.05, 0.1) is 0 Å². The highest BCUT2D eigenvalue weighted by atomic mass is 16.2. The summed E-state index contributed by atoms with van der Waals surface area (Å²) in [6, 6.07) is 4.08. The molecule has 0 bridgehead atoms. The number of carbonyl (C=O) groups excluding carboxylic acids is 2. The van der Waals surface area contributed by atoms with Crippen molar-refractivity contribution in [1.82, 2.24) is 25.2 Å². The second-order valence-electron chi connectivity index (χ2n) is 9.28. The lowest BCUT2D eigenvalue weighted by atomic mass is 9.79. The number of nitrogens with one attached hydrogen (secondary N) is 1. The number of hydrogen-bond acceptors (Lipinski definition) is 6. The molecule has 0 spiro atoms. The molecule has 3 N–H and O–H groups in total. The van der Waals surface area contributed by atoms with Crippen molar-refractivity contribution in [2.75, 3.05) is 18.8 Å². The average Bonchev–Trinajstić information content (AvgIpc) is 3.24. The quantitative estimate of drug-likeness (QED) is 0.745. The summed E-state index contributed by atoms with van der Waals surface area (Å²) in [5.74, 6) is 0.514. The van der Waals surface area contributed by atoms with Crippen LogP contribution < -0.4 is 11.1 Å². The van der Waals surface area contributed by atoms with Gasteiger partial charge >= 0.3 is 0 Å². The average molecular weight is 437 g/mol. The highest BCUT2D eigenvalue weighted by molar-refractivity contribution is 5.80. The topological polar surface area (TPSA) is 114 Å². The van der Waals surface area contributed by atoms with Gasteiger partial charge in [0.25, 0.3) is 0 Å². The van der Waals surface area contributed by atoms with Crippen molar-refractivity contribution in [3.63, 3.8) is 0 Å². The Morgan fingerprint density at radius 1 is 1.16 bits per heavy atom. The minimum absolute atomic E-state index is 0.0536. The van der Waals surface area contributed by atoms with E-state index < -0.39 is 0 Å². The van der Waals surface area contributed by atoms with E-state index in [0.29, 0.717) is 13.0 Å². The summed E-state index contributed by atoms with van der Waals surface area (Å²) in [6.45, 7) is 4.89. The summed E-state index contributed by atoms with van der Waals surface area (Å²) in [5.41, 5.74) is 9.04. The van der Waals surface area contributed by atoms with Crippen molar-refractivity contribution in [2.45, 2.75) is 70.3 Å². The van der Waals surface area contributed by atoms with Crippen LogP contribution in [0.2, 0.25) is 0 Å². The van der Waals surface area contributed by atoms with Crippen LogP contribution in [-0.2, 0) is 9.59 Å². The largest absolute Gasteiger partial charge is 0.368 e. The molecule has 0 aromatic carbocycles. The number of rotatable bonds is 5. The normalized spacial score (nSPS) is 20.2. The Morgan fingerprint density at radius 3 is 2.56 bits per heavy atom. The van der Waals surface area contributed by atoms with Crippen molar-refractivity contribution in [3.05, 3.63) is 35.9 Å². The van der Waals surface area contributed by atoms with Gasteiger partial charge < -0.3 is 16.0 Å². The molecule has 2 aromatic heterocycles. The number of nitrogens with two attached hydrogens (primary N) is 1. The van der Waals surface area contributed by atoms with Crippen molar-refractivity contribution in [1.29, 1.82) is 0 Å². The van der Waals surface area contributed by atoms with Crippen LogP contribution in [0.3, 0.4) is 0 Å². The Balaban J connectivity index is 1.46. The molecule has 2 aromatic rings. The number of anilines is 1. The Bertz CT molecular complexity index is 984. The maximum atomic E-state index is 13.2. The first-order chi connectivity index (χ1) is 15.3. The van der Waals surface area contributed by atoms with E-state index in [9.17, 15) is 9.59 Å². The molecule has 4 rings (SSSR count). The molecule has 32 heavy (non-hydrogen) atoms. The summed E-state index contributed by atoms with van der Waals surface area (Å²) in [7, 11) is 0. The molecule has 1 aliphatic carbocycles. The molecule has 1 saturated heterocycles. The SMILES string of the molecule is CC(=O)NC1(CC(=O)N2CCC(c3cc(-c4cnc(N)nc4)cc(C)n3)C2)CCCCC1. The van der Waals surface area contributed by atoms with Gasteiger partial charge in [-0.1, -0.05) is 19.3 Å². The van der Waals surface area contributed by atoms with Gasteiger partial charge in [0.1, 0.15) is 0 Å². The Hall–Kier alpha value is -3.03. The van der Waals surface area contributed by atoms with E-state index >= 15 is 0 Å². The Morgan fingerprint density at radius 2 is 1.88 bits per heavy atom. The van der Waals surface area contributed by atoms with E-state index in [0.717, 1.165) is 61.2 Å². The number of amides is 2. The van der Waals surface area contributed by atoms with Crippen LogP contribution in [0.5, 0.6) is 0 Å². The summed E-state index contributed by atoms with van der Waals surface area (Å²) in [6.07, 6.45) is 9.74. The third-order valence-corrected chi connectivity index (χ3v) is 6.68. The lowest BCUT2D eigenvalue weighted by Gasteiger charge is -2.38. The third-order valence-electron chi connectivity index (χ3n) is 6.68. The number of nitrogen functional groups attached to an aromatic ring is 1. The second kappa shape index (κ2) is 9.22. The minimum atomic E-state index is -0.386. The standard InChI is InChI=1S/C24H32N6O2/c1-16-10-19(20-13-26-23(25)27-14-20)11-21(28-16)18-6-9-30(15-18)22(32)12-24(29-17(2)31)7-4-3-5-8-24/h10-11,13-14,18H,3-9,12,15H2,1-2H3,(H,29,31)(H2,25,26,27). The number of aromatic nitrogens is 3. The molecule has 2 aliphatic rings. The fourth-order valence-electron chi connectivity index (χ4n) is 5.13. The molecule has 8 heteroatoms. The van der Waals surface area contributed by atoms with Crippen molar-refractivity contribution in [2.24, 2.45) is 0 Å². The van der Waals surface area contributed by atoms with Crippen molar-refractivity contribution < 1.29 is 9.59 Å².